The van der Waals surface area contributed by atoms with Crippen LogP contribution in [-0.4, -0.2) is 20.4 Å². The van der Waals surface area contributed by atoms with E-state index >= 15 is 0 Å². The Morgan fingerprint density at radius 2 is 2.04 bits per heavy atom. The second-order valence-corrected chi connectivity index (χ2v) is 5.39. The number of amides is 1. The molecule has 1 N–H and O–H groups in total. The van der Waals surface area contributed by atoms with Gasteiger partial charge < -0.3 is 5.32 Å². The Balaban J connectivity index is 1.79. The zero-order chi connectivity index (χ0) is 16.4. The molecule has 0 aliphatic carbocycles. The van der Waals surface area contributed by atoms with E-state index in [0.29, 0.717) is 11.5 Å². The number of imidazole rings is 1. The van der Waals surface area contributed by atoms with E-state index in [1.165, 1.54) is 12.3 Å². The molecule has 3 aromatic rings. The molecule has 0 atom stereocenters. The molecule has 0 saturated carbocycles. The molecule has 0 radical (unpaired) electrons. The smallest absolute Gasteiger partial charge is 0.257 e. The molecule has 5 nitrogen and oxygen atoms in total. The van der Waals surface area contributed by atoms with Crippen molar-refractivity contribution in [3.63, 3.8) is 0 Å². The van der Waals surface area contributed by atoms with Crippen molar-refractivity contribution in [2.24, 2.45) is 0 Å². The Kier molecular flexibility index (Phi) is 4.27. The van der Waals surface area contributed by atoms with Crippen molar-refractivity contribution in [2.45, 2.75) is 0 Å². The number of carbonyl (C=O) groups is 1. The van der Waals surface area contributed by atoms with Crippen molar-refractivity contribution in [3.8, 4) is 5.82 Å². The molecule has 1 aromatic carbocycles. The van der Waals surface area contributed by atoms with Gasteiger partial charge in [0.2, 0.25) is 0 Å². The van der Waals surface area contributed by atoms with Gasteiger partial charge in [-0.1, -0.05) is 23.2 Å². The number of halogens is 3. The van der Waals surface area contributed by atoms with E-state index in [1.807, 2.05) is 0 Å². The minimum absolute atomic E-state index is 0.00717. The average Bonchev–Trinajstić information content (AvgIpc) is 3.06. The topological polar surface area (TPSA) is 59.8 Å². The molecular formula is C15H9Cl2FN4O. The summed E-state index contributed by atoms with van der Waals surface area (Å²) in [7, 11) is 0. The van der Waals surface area contributed by atoms with Gasteiger partial charge in [0.05, 0.1) is 27.5 Å². The minimum atomic E-state index is -0.713. The first kappa shape index (κ1) is 15.5. The van der Waals surface area contributed by atoms with Crippen LogP contribution in [-0.2, 0) is 0 Å². The van der Waals surface area contributed by atoms with Crippen molar-refractivity contribution < 1.29 is 9.18 Å². The van der Waals surface area contributed by atoms with Crippen LogP contribution in [0.5, 0.6) is 0 Å². The standard InChI is InChI=1S/C15H9Cl2FN4O/c16-11-6-12(17)13(18)5-10(11)15(23)21-9-1-2-14(20-7-9)22-4-3-19-8-22/h1-8H,(H,21,23). The third-order valence-electron chi connectivity index (χ3n) is 3.03. The van der Waals surface area contributed by atoms with Crippen molar-refractivity contribution in [1.29, 1.82) is 0 Å². The molecule has 0 saturated heterocycles. The number of anilines is 1. The molecule has 2 aromatic heterocycles. The predicted molar refractivity (Wildman–Crippen MR) is 85.7 cm³/mol. The first-order chi connectivity index (χ1) is 11.0. The van der Waals surface area contributed by atoms with Crippen molar-refractivity contribution >= 4 is 34.8 Å². The lowest BCUT2D eigenvalue weighted by atomic mass is 10.2. The van der Waals surface area contributed by atoms with Crippen LogP contribution in [0.1, 0.15) is 10.4 Å². The third-order valence-corrected chi connectivity index (χ3v) is 3.63. The van der Waals surface area contributed by atoms with Crippen LogP contribution in [0.15, 0.2) is 49.2 Å². The molecule has 0 aliphatic heterocycles. The molecule has 0 bridgehead atoms. The Morgan fingerprint density at radius 1 is 1.22 bits per heavy atom. The largest absolute Gasteiger partial charge is 0.321 e. The normalized spacial score (nSPS) is 10.6. The highest BCUT2D eigenvalue weighted by molar-refractivity contribution is 6.37. The second-order valence-electron chi connectivity index (χ2n) is 4.58. The van der Waals surface area contributed by atoms with E-state index < -0.39 is 11.7 Å². The Labute approximate surface area is 140 Å². The number of pyridine rings is 1. The molecule has 23 heavy (non-hydrogen) atoms. The zero-order valence-electron chi connectivity index (χ0n) is 11.5. The van der Waals surface area contributed by atoms with E-state index in [4.69, 9.17) is 23.2 Å². The van der Waals surface area contributed by atoms with Gasteiger partial charge in [-0.05, 0) is 24.3 Å². The number of aromatic nitrogens is 3. The van der Waals surface area contributed by atoms with Gasteiger partial charge in [-0.2, -0.15) is 0 Å². The van der Waals surface area contributed by atoms with Crippen LogP contribution in [0, 0.1) is 5.82 Å². The number of nitrogens with one attached hydrogen (secondary N) is 1. The number of hydrogen-bond donors (Lipinski definition) is 1. The van der Waals surface area contributed by atoms with Crippen molar-refractivity contribution in [3.05, 3.63) is 70.6 Å². The zero-order valence-corrected chi connectivity index (χ0v) is 13.0. The van der Waals surface area contributed by atoms with E-state index in [-0.39, 0.29) is 15.6 Å². The summed E-state index contributed by atoms with van der Waals surface area (Å²) in [5.74, 6) is -0.617. The van der Waals surface area contributed by atoms with Gasteiger partial charge in [-0.25, -0.2) is 14.4 Å². The number of hydrogen-bond acceptors (Lipinski definition) is 3. The Bertz CT molecular complexity index is 851. The molecule has 8 heteroatoms. The van der Waals surface area contributed by atoms with Crippen LogP contribution < -0.4 is 5.32 Å². The van der Waals surface area contributed by atoms with E-state index in [1.54, 1.807) is 35.4 Å². The quantitative estimate of drug-likeness (QED) is 0.727. The highest BCUT2D eigenvalue weighted by Crippen LogP contribution is 2.25. The summed E-state index contributed by atoms with van der Waals surface area (Å²) >= 11 is 11.5. The maximum Gasteiger partial charge on any atom is 0.257 e. The fourth-order valence-corrected chi connectivity index (χ4v) is 2.37. The molecule has 3 rings (SSSR count). The van der Waals surface area contributed by atoms with Gasteiger partial charge in [-0.3, -0.25) is 9.36 Å². The summed E-state index contributed by atoms with van der Waals surface area (Å²) in [5.41, 5.74) is 0.442. The highest BCUT2D eigenvalue weighted by atomic mass is 35.5. The molecule has 0 spiro atoms. The van der Waals surface area contributed by atoms with E-state index in [2.05, 4.69) is 15.3 Å². The molecule has 2 heterocycles. The molecule has 0 fully saturated rings. The SMILES string of the molecule is O=C(Nc1ccc(-n2ccnc2)nc1)c1cc(F)c(Cl)cc1Cl. The summed E-state index contributed by atoms with van der Waals surface area (Å²) in [6.07, 6.45) is 6.47. The van der Waals surface area contributed by atoms with E-state index in [0.717, 1.165) is 6.07 Å². The van der Waals surface area contributed by atoms with Crippen molar-refractivity contribution in [1.82, 2.24) is 14.5 Å². The van der Waals surface area contributed by atoms with Gasteiger partial charge in [0, 0.05) is 12.4 Å². The van der Waals surface area contributed by atoms with Crippen LogP contribution >= 0.6 is 23.2 Å². The Hall–Kier alpha value is -2.44. The lowest BCUT2D eigenvalue weighted by Gasteiger charge is -2.08. The molecule has 1 amide bonds. The lowest BCUT2D eigenvalue weighted by molar-refractivity contribution is 0.102. The number of benzene rings is 1. The van der Waals surface area contributed by atoms with Gasteiger partial charge in [0.25, 0.3) is 5.91 Å². The minimum Gasteiger partial charge on any atom is -0.321 e. The average molecular weight is 351 g/mol. The third kappa shape index (κ3) is 3.33. The summed E-state index contributed by atoms with van der Waals surface area (Å²) in [6.45, 7) is 0. The maximum absolute atomic E-state index is 13.5. The van der Waals surface area contributed by atoms with Crippen molar-refractivity contribution in [2.75, 3.05) is 5.32 Å². The van der Waals surface area contributed by atoms with E-state index in [9.17, 15) is 9.18 Å². The summed E-state index contributed by atoms with van der Waals surface area (Å²) in [5, 5.41) is 2.52. The second kappa shape index (κ2) is 6.36. The van der Waals surface area contributed by atoms with Crippen LogP contribution in [0.2, 0.25) is 10.0 Å². The lowest BCUT2D eigenvalue weighted by Crippen LogP contribution is -2.13. The van der Waals surface area contributed by atoms with Crippen LogP contribution in [0.25, 0.3) is 5.82 Å². The Morgan fingerprint density at radius 3 is 2.70 bits per heavy atom. The number of rotatable bonds is 3. The molecule has 116 valence electrons. The van der Waals surface area contributed by atoms with Crippen LogP contribution in [0.3, 0.4) is 0 Å². The monoisotopic (exact) mass is 350 g/mol. The summed E-state index contributed by atoms with van der Waals surface area (Å²) < 4.78 is 15.2. The fourth-order valence-electron chi connectivity index (χ4n) is 1.90. The number of nitrogens with zero attached hydrogens (tertiary/aromatic N) is 3. The highest BCUT2D eigenvalue weighted by Gasteiger charge is 2.14. The summed E-state index contributed by atoms with van der Waals surface area (Å²) in [6, 6.07) is 5.56. The molecule has 0 aliphatic rings. The van der Waals surface area contributed by atoms with Gasteiger partial charge in [0.1, 0.15) is 18.0 Å². The van der Waals surface area contributed by atoms with Gasteiger partial charge in [-0.15, -0.1) is 0 Å². The predicted octanol–water partition coefficient (Wildman–Crippen LogP) is 3.97. The van der Waals surface area contributed by atoms with Gasteiger partial charge >= 0.3 is 0 Å². The molecular weight excluding hydrogens is 342 g/mol. The maximum atomic E-state index is 13.5. The molecule has 0 unspecified atom stereocenters. The van der Waals surface area contributed by atoms with Crippen LogP contribution in [0.4, 0.5) is 10.1 Å². The first-order valence-corrected chi connectivity index (χ1v) is 7.20. The van der Waals surface area contributed by atoms with Gasteiger partial charge in [0.15, 0.2) is 0 Å². The first-order valence-electron chi connectivity index (χ1n) is 6.45. The summed E-state index contributed by atoms with van der Waals surface area (Å²) in [4.78, 5) is 20.3. The number of carbonyl (C=O) groups excluding carboxylic acids is 1. The fraction of sp³-hybridized carbons (Fsp3) is 0.